The van der Waals surface area contributed by atoms with Crippen molar-refractivity contribution in [1.29, 1.82) is 0 Å². The minimum absolute atomic E-state index is 0.291. The second kappa shape index (κ2) is 5.32. The van der Waals surface area contributed by atoms with Crippen LogP contribution in [-0.4, -0.2) is 22.8 Å². The van der Waals surface area contributed by atoms with Crippen molar-refractivity contribution in [3.8, 4) is 0 Å². The second-order valence-corrected chi connectivity index (χ2v) is 4.35. The number of hydrogen-bond donors (Lipinski definition) is 0. The van der Waals surface area contributed by atoms with Gasteiger partial charge in [-0.05, 0) is 12.0 Å². The molecule has 0 atom stereocenters. The highest BCUT2D eigenvalue weighted by molar-refractivity contribution is 7.98. The molecular weight excluding hydrogens is 190 g/mol. The Labute approximate surface area is 80.4 Å². The maximum Gasteiger partial charge on any atom is 0.140 e. The van der Waals surface area contributed by atoms with Gasteiger partial charge < -0.3 is 0 Å². The van der Waals surface area contributed by atoms with Gasteiger partial charge in [0.2, 0.25) is 0 Å². The lowest BCUT2D eigenvalue weighted by atomic mass is 10.2. The van der Waals surface area contributed by atoms with Crippen molar-refractivity contribution in [2.75, 3.05) is 12.0 Å². The van der Waals surface area contributed by atoms with Crippen LogP contribution in [0.4, 0.5) is 0 Å². The molecule has 0 radical (unpaired) electrons. The van der Waals surface area contributed by atoms with Crippen LogP contribution in [0.3, 0.4) is 0 Å². The van der Waals surface area contributed by atoms with Gasteiger partial charge in [-0.15, -0.1) is 11.3 Å². The Balaban J connectivity index is 2.27. The summed E-state index contributed by atoms with van der Waals surface area (Å²) in [5, 5.41) is 2.83. The molecule has 0 aliphatic carbocycles. The molecule has 0 amide bonds. The fraction of sp³-hybridized carbons (Fsp3) is 0.500. The van der Waals surface area contributed by atoms with Crippen molar-refractivity contribution >= 4 is 28.9 Å². The summed E-state index contributed by atoms with van der Waals surface area (Å²) in [6.07, 6.45) is 4.93. The molecule has 0 aromatic carbocycles. The van der Waals surface area contributed by atoms with Crippen molar-refractivity contribution < 1.29 is 4.79 Å². The molecule has 66 valence electrons. The molecular formula is C8H11NOS2. The fourth-order valence-corrected chi connectivity index (χ4v) is 1.89. The third-order valence-electron chi connectivity index (χ3n) is 1.42. The van der Waals surface area contributed by atoms with Gasteiger partial charge in [0.15, 0.2) is 0 Å². The number of carbonyl (C=O) groups excluding carboxylic acids is 1. The number of thioether (sulfide) groups is 1. The maximum atomic E-state index is 11.2. The molecule has 0 aliphatic heterocycles. The second-order valence-electron chi connectivity index (χ2n) is 2.38. The van der Waals surface area contributed by atoms with Crippen LogP contribution in [0, 0.1) is 0 Å². The average Bonchev–Trinajstić information content (AvgIpc) is 2.53. The number of Topliss-reactive ketones (excluding diaryl/α,β-unsaturated/α-hetero) is 1. The summed E-state index contributed by atoms with van der Waals surface area (Å²) in [7, 11) is 0. The van der Waals surface area contributed by atoms with Crippen LogP contribution in [0.25, 0.3) is 0 Å². The van der Waals surface area contributed by atoms with Crippen LogP contribution in [0.2, 0.25) is 0 Å². The van der Waals surface area contributed by atoms with E-state index in [-0.39, 0.29) is 0 Å². The SMILES string of the molecule is CSCCC(=O)Cc1nccs1. The Morgan fingerprint density at radius 2 is 2.58 bits per heavy atom. The monoisotopic (exact) mass is 201 g/mol. The van der Waals surface area contributed by atoms with Crippen molar-refractivity contribution in [3.05, 3.63) is 16.6 Å². The van der Waals surface area contributed by atoms with Crippen LogP contribution in [0.5, 0.6) is 0 Å². The summed E-state index contributed by atoms with van der Waals surface area (Å²) in [5.41, 5.74) is 0. The van der Waals surface area contributed by atoms with Gasteiger partial charge in [0, 0.05) is 18.0 Å². The average molecular weight is 201 g/mol. The first-order valence-electron chi connectivity index (χ1n) is 3.72. The lowest BCUT2D eigenvalue weighted by Gasteiger charge is -1.95. The fourth-order valence-electron chi connectivity index (χ4n) is 0.813. The molecule has 0 N–H and O–H groups in total. The third-order valence-corrected chi connectivity index (χ3v) is 2.81. The number of rotatable bonds is 5. The number of thiazole rings is 1. The maximum absolute atomic E-state index is 11.2. The molecule has 0 saturated carbocycles. The first-order chi connectivity index (χ1) is 5.83. The number of hydrogen-bond acceptors (Lipinski definition) is 4. The van der Waals surface area contributed by atoms with Gasteiger partial charge in [-0.2, -0.15) is 11.8 Å². The van der Waals surface area contributed by atoms with E-state index in [9.17, 15) is 4.79 Å². The Morgan fingerprint density at radius 1 is 1.75 bits per heavy atom. The van der Waals surface area contributed by atoms with Gasteiger partial charge in [-0.1, -0.05) is 0 Å². The van der Waals surface area contributed by atoms with E-state index in [0.717, 1.165) is 10.8 Å². The number of carbonyl (C=O) groups is 1. The molecule has 1 aromatic heterocycles. The zero-order valence-electron chi connectivity index (χ0n) is 6.95. The molecule has 2 nitrogen and oxygen atoms in total. The molecule has 0 fully saturated rings. The van der Waals surface area contributed by atoms with Gasteiger partial charge >= 0.3 is 0 Å². The minimum Gasteiger partial charge on any atom is -0.299 e. The number of ketones is 1. The standard InChI is InChI=1S/C8H11NOS2/c1-11-4-2-7(10)6-8-9-3-5-12-8/h3,5H,2,4,6H2,1H3. The van der Waals surface area contributed by atoms with E-state index in [0.29, 0.717) is 18.6 Å². The van der Waals surface area contributed by atoms with Crippen molar-refractivity contribution in [3.63, 3.8) is 0 Å². The normalized spacial score (nSPS) is 10.1. The first-order valence-corrected chi connectivity index (χ1v) is 5.99. The number of aromatic nitrogens is 1. The summed E-state index contributed by atoms with van der Waals surface area (Å²) in [4.78, 5) is 15.3. The van der Waals surface area contributed by atoms with Crippen molar-refractivity contribution in [2.24, 2.45) is 0 Å². The van der Waals surface area contributed by atoms with Crippen LogP contribution >= 0.6 is 23.1 Å². The highest BCUT2D eigenvalue weighted by Crippen LogP contribution is 2.07. The quantitative estimate of drug-likeness (QED) is 0.730. The van der Waals surface area contributed by atoms with Crippen LogP contribution < -0.4 is 0 Å². The highest BCUT2D eigenvalue weighted by Gasteiger charge is 2.04. The van der Waals surface area contributed by atoms with E-state index in [4.69, 9.17) is 0 Å². The Morgan fingerprint density at radius 3 is 3.17 bits per heavy atom. The summed E-state index contributed by atoms with van der Waals surface area (Å²) < 4.78 is 0. The van der Waals surface area contributed by atoms with E-state index in [1.54, 1.807) is 29.3 Å². The lowest BCUT2D eigenvalue weighted by molar-refractivity contribution is -0.118. The van der Waals surface area contributed by atoms with Gasteiger partial charge in [-0.3, -0.25) is 4.79 Å². The summed E-state index contributed by atoms with van der Waals surface area (Å²) >= 11 is 3.25. The zero-order valence-corrected chi connectivity index (χ0v) is 8.58. The van der Waals surface area contributed by atoms with Crippen LogP contribution in [-0.2, 0) is 11.2 Å². The zero-order chi connectivity index (χ0) is 8.81. The van der Waals surface area contributed by atoms with E-state index in [1.165, 1.54) is 0 Å². The number of nitrogens with zero attached hydrogens (tertiary/aromatic N) is 1. The predicted molar refractivity (Wildman–Crippen MR) is 53.8 cm³/mol. The molecule has 0 saturated heterocycles. The molecule has 1 aromatic rings. The summed E-state index contributed by atoms with van der Waals surface area (Å²) in [6, 6.07) is 0. The predicted octanol–water partition coefficient (Wildman–Crippen LogP) is 2.01. The van der Waals surface area contributed by atoms with E-state index in [2.05, 4.69) is 4.98 Å². The molecule has 1 heterocycles. The first kappa shape index (κ1) is 9.74. The Kier molecular flexibility index (Phi) is 4.32. The molecule has 0 spiro atoms. The topological polar surface area (TPSA) is 30.0 Å². The van der Waals surface area contributed by atoms with Gasteiger partial charge in [0.25, 0.3) is 0 Å². The van der Waals surface area contributed by atoms with Gasteiger partial charge in [0.05, 0.1) is 11.4 Å². The molecule has 1 rings (SSSR count). The molecule has 0 unspecified atom stereocenters. The highest BCUT2D eigenvalue weighted by atomic mass is 32.2. The lowest BCUT2D eigenvalue weighted by Crippen LogP contribution is -2.03. The van der Waals surface area contributed by atoms with E-state index >= 15 is 0 Å². The molecule has 12 heavy (non-hydrogen) atoms. The third kappa shape index (κ3) is 3.36. The van der Waals surface area contributed by atoms with Gasteiger partial charge in [0.1, 0.15) is 5.78 Å². The van der Waals surface area contributed by atoms with E-state index in [1.807, 2.05) is 11.6 Å². The van der Waals surface area contributed by atoms with E-state index < -0.39 is 0 Å². The van der Waals surface area contributed by atoms with Crippen molar-refractivity contribution in [2.45, 2.75) is 12.8 Å². The minimum atomic E-state index is 0.291. The molecule has 4 heteroatoms. The smallest absolute Gasteiger partial charge is 0.140 e. The Hall–Kier alpha value is -0.350. The summed E-state index contributed by atoms with van der Waals surface area (Å²) in [5.74, 6) is 1.21. The van der Waals surface area contributed by atoms with Gasteiger partial charge in [-0.25, -0.2) is 4.98 Å². The van der Waals surface area contributed by atoms with Crippen molar-refractivity contribution in [1.82, 2.24) is 4.98 Å². The summed E-state index contributed by atoms with van der Waals surface area (Å²) in [6.45, 7) is 0. The molecule has 0 bridgehead atoms. The Bertz CT molecular complexity index is 233. The molecule has 0 aliphatic rings. The van der Waals surface area contributed by atoms with Crippen LogP contribution in [0.15, 0.2) is 11.6 Å². The largest absolute Gasteiger partial charge is 0.299 e. The van der Waals surface area contributed by atoms with Crippen LogP contribution in [0.1, 0.15) is 11.4 Å².